The SMILES string of the molecule is CC[Si](C)(C)c1ccc(C)c(Oc2ccc(C(=O)Nc3c(OC)cccc3OC)o2)c1. The molecule has 164 valence electrons. The smallest absolute Gasteiger partial charge is 0.291 e. The predicted molar refractivity (Wildman–Crippen MR) is 125 cm³/mol. The number of benzene rings is 2. The highest BCUT2D eigenvalue weighted by atomic mass is 28.3. The van der Waals surface area contributed by atoms with Crippen molar-refractivity contribution in [3.8, 4) is 23.2 Å². The van der Waals surface area contributed by atoms with Gasteiger partial charge in [0.25, 0.3) is 11.9 Å². The third kappa shape index (κ3) is 4.94. The maximum absolute atomic E-state index is 12.7. The average Bonchev–Trinajstić information content (AvgIpc) is 3.24. The van der Waals surface area contributed by atoms with E-state index in [4.69, 9.17) is 18.6 Å². The molecule has 3 rings (SSSR count). The lowest BCUT2D eigenvalue weighted by molar-refractivity contribution is 0.0991. The van der Waals surface area contributed by atoms with Crippen molar-refractivity contribution in [1.29, 1.82) is 0 Å². The highest BCUT2D eigenvalue weighted by Crippen LogP contribution is 2.35. The first-order chi connectivity index (χ1) is 14.8. The Morgan fingerprint density at radius 2 is 1.68 bits per heavy atom. The number of nitrogens with one attached hydrogen (secondary N) is 1. The molecule has 0 aliphatic rings. The van der Waals surface area contributed by atoms with Gasteiger partial charge in [-0.05, 0) is 36.8 Å². The molecule has 3 aromatic rings. The molecule has 6 nitrogen and oxygen atoms in total. The Hall–Kier alpha value is -3.19. The zero-order chi connectivity index (χ0) is 22.6. The van der Waals surface area contributed by atoms with Gasteiger partial charge in [0.15, 0.2) is 5.76 Å². The van der Waals surface area contributed by atoms with Crippen LogP contribution in [0.5, 0.6) is 23.2 Å². The Labute approximate surface area is 184 Å². The molecule has 31 heavy (non-hydrogen) atoms. The van der Waals surface area contributed by atoms with Crippen LogP contribution in [0.2, 0.25) is 19.1 Å². The summed E-state index contributed by atoms with van der Waals surface area (Å²) in [6.07, 6.45) is 0. The van der Waals surface area contributed by atoms with E-state index in [1.807, 2.05) is 6.92 Å². The van der Waals surface area contributed by atoms with Gasteiger partial charge in [-0.2, -0.15) is 0 Å². The monoisotopic (exact) mass is 439 g/mol. The van der Waals surface area contributed by atoms with E-state index in [1.54, 1.807) is 30.3 Å². The van der Waals surface area contributed by atoms with Gasteiger partial charge >= 0.3 is 0 Å². The average molecular weight is 440 g/mol. The number of hydrogen-bond acceptors (Lipinski definition) is 5. The van der Waals surface area contributed by atoms with Gasteiger partial charge in [0.1, 0.15) is 22.9 Å². The van der Waals surface area contributed by atoms with Crippen molar-refractivity contribution in [1.82, 2.24) is 0 Å². The number of rotatable bonds is 8. The second-order valence-corrected chi connectivity index (χ2v) is 13.0. The fourth-order valence-electron chi connectivity index (χ4n) is 3.09. The fourth-order valence-corrected chi connectivity index (χ4v) is 4.55. The van der Waals surface area contributed by atoms with Crippen LogP contribution < -0.4 is 24.7 Å². The van der Waals surface area contributed by atoms with Crippen molar-refractivity contribution in [2.45, 2.75) is 33.0 Å². The Kier molecular flexibility index (Phi) is 6.75. The van der Waals surface area contributed by atoms with Crippen LogP contribution in [0.15, 0.2) is 52.9 Å². The van der Waals surface area contributed by atoms with E-state index in [9.17, 15) is 4.79 Å². The molecule has 0 fully saturated rings. The lowest BCUT2D eigenvalue weighted by atomic mass is 10.2. The van der Waals surface area contributed by atoms with Crippen LogP contribution in [0, 0.1) is 6.92 Å². The Morgan fingerprint density at radius 3 is 2.29 bits per heavy atom. The largest absolute Gasteiger partial charge is 0.494 e. The number of amides is 1. The molecule has 0 aliphatic carbocycles. The van der Waals surface area contributed by atoms with Crippen LogP contribution in [-0.2, 0) is 0 Å². The Morgan fingerprint density at radius 1 is 1.00 bits per heavy atom. The molecule has 1 N–H and O–H groups in total. The third-order valence-corrected chi connectivity index (χ3v) is 9.18. The molecule has 1 amide bonds. The van der Waals surface area contributed by atoms with Gasteiger partial charge in [0.05, 0.1) is 22.3 Å². The predicted octanol–water partition coefficient (Wildman–Crippen LogP) is 5.59. The summed E-state index contributed by atoms with van der Waals surface area (Å²) >= 11 is 0. The zero-order valence-electron chi connectivity index (χ0n) is 18.9. The fraction of sp³-hybridized carbons (Fsp3) is 0.292. The van der Waals surface area contributed by atoms with Crippen molar-refractivity contribution in [3.63, 3.8) is 0 Å². The number of anilines is 1. The lowest BCUT2D eigenvalue weighted by Gasteiger charge is -2.22. The van der Waals surface area contributed by atoms with Gasteiger partial charge in [0, 0.05) is 6.07 Å². The molecule has 7 heteroatoms. The summed E-state index contributed by atoms with van der Waals surface area (Å²) < 4.78 is 22.3. The first-order valence-corrected chi connectivity index (χ1v) is 13.4. The molecule has 1 heterocycles. The third-order valence-electron chi connectivity index (χ3n) is 5.54. The number of para-hydroxylation sites is 1. The minimum atomic E-state index is -1.50. The molecule has 0 spiro atoms. The van der Waals surface area contributed by atoms with Gasteiger partial charge in [-0.15, -0.1) is 0 Å². The van der Waals surface area contributed by atoms with Crippen molar-refractivity contribution in [2.24, 2.45) is 0 Å². The molecule has 0 saturated carbocycles. The number of carbonyl (C=O) groups excluding carboxylic acids is 1. The number of ether oxygens (including phenoxy) is 3. The number of aryl methyl sites for hydroxylation is 1. The first kappa shape index (κ1) is 22.5. The van der Waals surface area contributed by atoms with Crippen LogP contribution in [0.1, 0.15) is 23.0 Å². The summed E-state index contributed by atoms with van der Waals surface area (Å²) in [5, 5.41) is 4.11. The van der Waals surface area contributed by atoms with E-state index in [0.717, 1.165) is 17.4 Å². The van der Waals surface area contributed by atoms with Crippen LogP contribution in [-0.4, -0.2) is 28.2 Å². The second-order valence-electron chi connectivity index (χ2n) is 7.93. The molecule has 0 radical (unpaired) electrons. The quantitative estimate of drug-likeness (QED) is 0.464. The molecule has 0 aliphatic heterocycles. The van der Waals surface area contributed by atoms with E-state index >= 15 is 0 Å². The molecule has 2 aromatic carbocycles. The zero-order valence-corrected chi connectivity index (χ0v) is 19.9. The number of methoxy groups -OCH3 is 2. The molecule has 0 bridgehead atoms. The number of hydrogen-bond donors (Lipinski definition) is 1. The molecule has 1 aromatic heterocycles. The topological polar surface area (TPSA) is 69.9 Å². The van der Waals surface area contributed by atoms with Crippen molar-refractivity contribution < 1.29 is 23.4 Å². The summed E-state index contributed by atoms with van der Waals surface area (Å²) in [6, 6.07) is 16.0. The van der Waals surface area contributed by atoms with E-state index in [-0.39, 0.29) is 11.7 Å². The van der Waals surface area contributed by atoms with Crippen molar-refractivity contribution in [3.05, 3.63) is 59.9 Å². The van der Waals surface area contributed by atoms with E-state index in [2.05, 4.69) is 43.5 Å². The van der Waals surface area contributed by atoms with Crippen LogP contribution in [0.4, 0.5) is 5.69 Å². The molecule has 0 atom stereocenters. The normalized spacial score (nSPS) is 11.2. The maximum Gasteiger partial charge on any atom is 0.291 e. The van der Waals surface area contributed by atoms with Gasteiger partial charge in [0.2, 0.25) is 0 Å². The van der Waals surface area contributed by atoms with Crippen LogP contribution in [0.25, 0.3) is 0 Å². The van der Waals surface area contributed by atoms with Gasteiger partial charge in [-0.3, -0.25) is 4.79 Å². The van der Waals surface area contributed by atoms with Gasteiger partial charge in [-0.25, -0.2) is 0 Å². The minimum Gasteiger partial charge on any atom is -0.494 e. The van der Waals surface area contributed by atoms with Crippen molar-refractivity contribution >= 4 is 24.9 Å². The van der Waals surface area contributed by atoms with E-state index < -0.39 is 14.0 Å². The summed E-state index contributed by atoms with van der Waals surface area (Å²) in [5.41, 5.74) is 1.44. The standard InChI is InChI=1S/C24H29NO5Si/c1-7-31(5,6)17-12-11-16(2)21(15-17)30-22-14-13-20(29-22)24(26)25-23-18(27-3)9-8-10-19(23)28-4/h8-15H,7H2,1-6H3,(H,25,26). The second kappa shape index (κ2) is 9.30. The highest BCUT2D eigenvalue weighted by Gasteiger charge is 2.22. The van der Waals surface area contributed by atoms with Crippen LogP contribution in [0.3, 0.4) is 0 Å². The molecular formula is C24H29NO5Si. The van der Waals surface area contributed by atoms with Crippen LogP contribution >= 0.6 is 0 Å². The molecule has 0 unspecified atom stereocenters. The lowest BCUT2D eigenvalue weighted by Crippen LogP contribution is -2.40. The molecule has 0 saturated heterocycles. The summed E-state index contributed by atoms with van der Waals surface area (Å²) in [5.74, 6) is 1.67. The maximum atomic E-state index is 12.7. The van der Waals surface area contributed by atoms with Gasteiger partial charge in [-0.1, -0.05) is 49.4 Å². The minimum absolute atomic E-state index is 0.125. The van der Waals surface area contributed by atoms with E-state index in [0.29, 0.717) is 17.2 Å². The Bertz CT molecular complexity index is 1050. The number of carbonyl (C=O) groups is 1. The summed E-state index contributed by atoms with van der Waals surface area (Å²) in [7, 11) is 1.56. The molecular weight excluding hydrogens is 410 g/mol. The van der Waals surface area contributed by atoms with Crippen molar-refractivity contribution in [2.75, 3.05) is 19.5 Å². The van der Waals surface area contributed by atoms with E-state index in [1.165, 1.54) is 19.4 Å². The summed E-state index contributed by atoms with van der Waals surface area (Å²) in [6.45, 7) is 8.89. The number of furan rings is 1. The summed E-state index contributed by atoms with van der Waals surface area (Å²) in [4.78, 5) is 12.7. The van der Waals surface area contributed by atoms with Gasteiger partial charge < -0.3 is 23.9 Å². The highest BCUT2D eigenvalue weighted by molar-refractivity contribution is 6.89. The Balaban J connectivity index is 1.80. The first-order valence-electron chi connectivity index (χ1n) is 10.2.